The van der Waals surface area contributed by atoms with Crippen molar-refractivity contribution in [2.24, 2.45) is 0 Å². The van der Waals surface area contributed by atoms with Crippen LogP contribution in [0.5, 0.6) is 5.75 Å². The number of anilines is 2. The van der Waals surface area contributed by atoms with Crippen molar-refractivity contribution in [2.45, 2.75) is 13.8 Å². The molecule has 0 atom stereocenters. The van der Waals surface area contributed by atoms with Crippen LogP contribution < -0.4 is 10.1 Å². The van der Waals surface area contributed by atoms with Gasteiger partial charge >= 0.3 is 0 Å². The number of nitrogens with zero attached hydrogens (tertiary/aromatic N) is 5. The molecule has 0 saturated heterocycles. The Bertz CT molecular complexity index is 1330. The Morgan fingerprint density at radius 2 is 1.81 bits per heavy atom. The molecular weight excluding hydrogens is 408 g/mol. The predicted molar refractivity (Wildman–Crippen MR) is 123 cm³/mol. The van der Waals surface area contributed by atoms with Gasteiger partial charge in [-0.2, -0.15) is 14.5 Å². The Hall–Kier alpha value is -3.78. The molecule has 0 spiro atoms. The van der Waals surface area contributed by atoms with E-state index in [1.807, 2.05) is 68.7 Å². The molecule has 0 radical (unpaired) electrons. The first-order valence-corrected chi connectivity index (χ1v) is 10.7. The summed E-state index contributed by atoms with van der Waals surface area (Å²) in [5, 5.41) is 8.50. The van der Waals surface area contributed by atoms with Crippen molar-refractivity contribution in [3.8, 4) is 28.3 Å². The van der Waals surface area contributed by atoms with Gasteiger partial charge in [-0.15, -0.1) is 0 Å². The second kappa shape index (κ2) is 8.16. The monoisotopic (exact) mass is 428 g/mol. The van der Waals surface area contributed by atoms with Gasteiger partial charge in [0.2, 0.25) is 5.13 Å². The molecule has 1 N–H and O–H groups in total. The molecule has 3 heterocycles. The van der Waals surface area contributed by atoms with Crippen LogP contribution in [0.4, 0.5) is 10.8 Å². The Labute approximate surface area is 183 Å². The molecule has 5 aromatic rings. The number of fused-ring (bicyclic) bond motifs is 1. The molecule has 0 saturated carbocycles. The van der Waals surface area contributed by atoms with E-state index in [0.717, 1.165) is 39.5 Å². The summed E-state index contributed by atoms with van der Waals surface area (Å²) in [5.41, 5.74) is 5.54. The van der Waals surface area contributed by atoms with Crippen molar-refractivity contribution in [1.82, 2.24) is 24.0 Å². The highest BCUT2D eigenvalue weighted by atomic mass is 32.1. The van der Waals surface area contributed by atoms with Gasteiger partial charge in [0.25, 0.3) is 0 Å². The van der Waals surface area contributed by atoms with Crippen LogP contribution in [0.2, 0.25) is 0 Å². The summed E-state index contributed by atoms with van der Waals surface area (Å²) in [6, 6.07) is 17.9. The average molecular weight is 429 g/mol. The molecule has 0 bridgehead atoms. The van der Waals surface area contributed by atoms with Crippen molar-refractivity contribution in [1.29, 1.82) is 0 Å². The first-order valence-electron chi connectivity index (χ1n) is 9.95. The SMILES string of the molecule is CCOc1ccc(Nc2nc(-c3cn4ncc(-c5ccccc5)c4nc3C)ns2)cc1. The number of ether oxygens (including phenoxy) is 1. The highest BCUT2D eigenvalue weighted by Crippen LogP contribution is 2.29. The maximum absolute atomic E-state index is 5.48. The van der Waals surface area contributed by atoms with Gasteiger partial charge in [0.15, 0.2) is 11.5 Å². The van der Waals surface area contributed by atoms with Crippen LogP contribution >= 0.6 is 11.5 Å². The van der Waals surface area contributed by atoms with E-state index in [4.69, 9.17) is 9.72 Å². The number of hydrogen-bond acceptors (Lipinski definition) is 7. The molecule has 31 heavy (non-hydrogen) atoms. The molecule has 2 aromatic carbocycles. The Balaban J connectivity index is 1.42. The van der Waals surface area contributed by atoms with Gasteiger partial charge in [-0.1, -0.05) is 30.3 Å². The summed E-state index contributed by atoms with van der Waals surface area (Å²) in [5.74, 6) is 1.47. The smallest absolute Gasteiger partial charge is 0.207 e. The van der Waals surface area contributed by atoms with E-state index in [1.54, 1.807) is 4.52 Å². The molecule has 8 heteroatoms. The van der Waals surface area contributed by atoms with Crippen molar-refractivity contribution in [3.63, 3.8) is 0 Å². The molecule has 0 fully saturated rings. The zero-order chi connectivity index (χ0) is 21.2. The van der Waals surface area contributed by atoms with Crippen LogP contribution in [0.3, 0.4) is 0 Å². The van der Waals surface area contributed by atoms with Crippen LogP contribution in [-0.2, 0) is 0 Å². The first kappa shape index (κ1) is 19.2. The highest BCUT2D eigenvalue weighted by molar-refractivity contribution is 7.09. The lowest BCUT2D eigenvalue weighted by Crippen LogP contribution is -1.98. The quantitative estimate of drug-likeness (QED) is 0.392. The average Bonchev–Trinajstić information content (AvgIpc) is 3.42. The first-order chi connectivity index (χ1) is 15.2. The van der Waals surface area contributed by atoms with E-state index in [9.17, 15) is 0 Å². The molecule has 0 amide bonds. The van der Waals surface area contributed by atoms with Crippen molar-refractivity contribution in [3.05, 3.63) is 72.7 Å². The lowest BCUT2D eigenvalue weighted by molar-refractivity contribution is 0.340. The Morgan fingerprint density at radius 1 is 1.00 bits per heavy atom. The lowest BCUT2D eigenvalue weighted by Gasteiger charge is -2.05. The fourth-order valence-corrected chi connectivity index (χ4v) is 3.95. The van der Waals surface area contributed by atoms with Crippen LogP contribution in [0.15, 0.2) is 67.0 Å². The zero-order valence-electron chi connectivity index (χ0n) is 17.1. The third kappa shape index (κ3) is 3.85. The number of benzene rings is 2. The summed E-state index contributed by atoms with van der Waals surface area (Å²) in [7, 11) is 0. The molecule has 0 aliphatic rings. The summed E-state index contributed by atoms with van der Waals surface area (Å²) in [4.78, 5) is 9.45. The second-order valence-electron chi connectivity index (χ2n) is 6.94. The van der Waals surface area contributed by atoms with Gasteiger partial charge in [-0.05, 0) is 43.7 Å². The summed E-state index contributed by atoms with van der Waals surface area (Å²) in [6.45, 7) is 4.58. The zero-order valence-corrected chi connectivity index (χ0v) is 17.9. The van der Waals surface area contributed by atoms with E-state index < -0.39 is 0 Å². The Morgan fingerprint density at radius 3 is 2.58 bits per heavy atom. The maximum Gasteiger partial charge on any atom is 0.207 e. The number of rotatable bonds is 6. The summed E-state index contributed by atoms with van der Waals surface area (Å²) < 4.78 is 11.8. The van der Waals surface area contributed by atoms with Gasteiger partial charge in [0, 0.05) is 29.0 Å². The van der Waals surface area contributed by atoms with Crippen LogP contribution in [0.25, 0.3) is 28.2 Å². The van der Waals surface area contributed by atoms with E-state index in [1.165, 1.54) is 11.5 Å². The van der Waals surface area contributed by atoms with Crippen LogP contribution in [0.1, 0.15) is 12.6 Å². The van der Waals surface area contributed by atoms with Gasteiger partial charge in [0.05, 0.1) is 24.1 Å². The fraction of sp³-hybridized carbons (Fsp3) is 0.130. The molecule has 5 rings (SSSR count). The van der Waals surface area contributed by atoms with E-state index >= 15 is 0 Å². The second-order valence-corrected chi connectivity index (χ2v) is 7.69. The summed E-state index contributed by atoms with van der Waals surface area (Å²) in [6.07, 6.45) is 3.78. The number of nitrogens with one attached hydrogen (secondary N) is 1. The van der Waals surface area contributed by atoms with Crippen molar-refractivity contribution < 1.29 is 4.74 Å². The minimum absolute atomic E-state index is 0.627. The lowest BCUT2D eigenvalue weighted by atomic mass is 10.1. The van der Waals surface area contributed by atoms with Crippen LogP contribution in [-0.4, -0.2) is 30.6 Å². The third-order valence-corrected chi connectivity index (χ3v) is 5.48. The topological polar surface area (TPSA) is 77.2 Å². The van der Waals surface area contributed by atoms with Gasteiger partial charge < -0.3 is 10.1 Å². The van der Waals surface area contributed by atoms with E-state index in [0.29, 0.717) is 17.6 Å². The van der Waals surface area contributed by atoms with Gasteiger partial charge in [0.1, 0.15) is 5.75 Å². The Kier molecular flexibility index (Phi) is 5.05. The number of aryl methyl sites for hydroxylation is 1. The number of hydrogen-bond donors (Lipinski definition) is 1. The molecule has 3 aromatic heterocycles. The van der Waals surface area contributed by atoms with Crippen molar-refractivity contribution >= 4 is 28.0 Å². The standard InChI is InChI=1S/C23H20N6OS/c1-3-30-18-11-9-17(10-12-18)26-23-27-21(28-31-23)20-14-29-22(25-15(20)2)19(13-24-29)16-7-5-4-6-8-16/h4-14H,3H2,1-2H3,(H,26,27,28). The highest BCUT2D eigenvalue weighted by Gasteiger charge is 2.15. The number of aromatic nitrogens is 5. The molecule has 7 nitrogen and oxygen atoms in total. The summed E-state index contributed by atoms with van der Waals surface area (Å²) >= 11 is 1.31. The normalized spacial score (nSPS) is 11.0. The minimum Gasteiger partial charge on any atom is -0.494 e. The minimum atomic E-state index is 0.627. The van der Waals surface area contributed by atoms with E-state index in [2.05, 4.69) is 31.9 Å². The van der Waals surface area contributed by atoms with Crippen LogP contribution in [0, 0.1) is 6.92 Å². The van der Waals surface area contributed by atoms with E-state index in [-0.39, 0.29) is 0 Å². The van der Waals surface area contributed by atoms with Gasteiger partial charge in [-0.3, -0.25) is 0 Å². The largest absolute Gasteiger partial charge is 0.494 e. The molecule has 0 aliphatic carbocycles. The molecule has 154 valence electrons. The molecular formula is C23H20N6OS. The maximum atomic E-state index is 5.48. The third-order valence-electron chi connectivity index (χ3n) is 4.85. The van der Waals surface area contributed by atoms with Gasteiger partial charge in [-0.25, -0.2) is 9.50 Å². The predicted octanol–water partition coefficient (Wildman–Crippen LogP) is 5.37. The van der Waals surface area contributed by atoms with Crippen molar-refractivity contribution in [2.75, 3.05) is 11.9 Å². The molecule has 0 aliphatic heterocycles. The molecule has 0 unspecified atom stereocenters. The fourth-order valence-electron chi connectivity index (χ4n) is 3.35.